The summed E-state index contributed by atoms with van der Waals surface area (Å²) in [6, 6.07) is 5.75. The fourth-order valence-corrected chi connectivity index (χ4v) is 2.88. The highest BCUT2D eigenvalue weighted by Crippen LogP contribution is 2.22. The molecule has 0 unspecified atom stereocenters. The molecule has 2 aromatic rings. The Morgan fingerprint density at radius 3 is 3.05 bits per heavy atom. The Morgan fingerprint density at radius 1 is 1.47 bits per heavy atom. The van der Waals surface area contributed by atoms with Crippen LogP contribution in [0.4, 0.5) is 0 Å². The lowest BCUT2D eigenvalue weighted by Gasteiger charge is -2.13. The number of carbonyl (C=O) groups is 1. The van der Waals surface area contributed by atoms with Gasteiger partial charge < -0.3 is 10.6 Å². The zero-order valence-corrected chi connectivity index (χ0v) is 11.1. The van der Waals surface area contributed by atoms with Crippen molar-refractivity contribution in [2.75, 3.05) is 13.1 Å². The van der Waals surface area contributed by atoms with Crippen LogP contribution in [0.1, 0.15) is 16.9 Å². The summed E-state index contributed by atoms with van der Waals surface area (Å²) in [6.07, 6.45) is 2.58. The van der Waals surface area contributed by atoms with Crippen LogP contribution in [0.2, 0.25) is 0 Å². The fourth-order valence-electron chi connectivity index (χ4n) is 2.11. The Labute approximate surface area is 115 Å². The van der Waals surface area contributed by atoms with Crippen LogP contribution in [0.5, 0.6) is 0 Å². The molecule has 1 aliphatic rings. The van der Waals surface area contributed by atoms with Crippen molar-refractivity contribution < 1.29 is 4.79 Å². The number of rotatable bonds is 2. The quantitative estimate of drug-likeness (QED) is 0.898. The molecule has 0 spiro atoms. The maximum Gasteiger partial charge on any atom is 0.273 e. The summed E-state index contributed by atoms with van der Waals surface area (Å²) in [6.45, 7) is 1.34. The Hall–Kier alpha value is -1.79. The smallest absolute Gasteiger partial charge is 0.273 e. The molecule has 1 amide bonds. The molecule has 1 saturated heterocycles. The summed E-state index contributed by atoms with van der Waals surface area (Å²) in [5, 5.41) is 2.56. The van der Waals surface area contributed by atoms with E-state index in [1.807, 2.05) is 18.2 Å². The molecule has 1 atom stereocenters. The molecule has 2 N–H and O–H groups in total. The van der Waals surface area contributed by atoms with E-state index in [-0.39, 0.29) is 11.9 Å². The highest BCUT2D eigenvalue weighted by Gasteiger charge is 2.26. The van der Waals surface area contributed by atoms with Crippen molar-refractivity contribution in [3.63, 3.8) is 0 Å². The standard InChI is InChI=1S/C13H14N4OS/c14-9-4-6-17(7-9)13(18)11-8-19-12(16-11)10-3-1-2-5-15-10/h1-3,5,8-9H,4,6-7,14H2/t9-/m1/s1. The number of hydrogen-bond acceptors (Lipinski definition) is 5. The monoisotopic (exact) mass is 274 g/mol. The molecule has 0 bridgehead atoms. The summed E-state index contributed by atoms with van der Waals surface area (Å²) in [5.41, 5.74) is 7.10. The fraction of sp³-hybridized carbons (Fsp3) is 0.308. The molecule has 0 aromatic carbocycles. The van der Waals surface area contributed by atoms with Crippen molar-refractivity contribution >= 4 is 17.2 Å². The van der Waals surface area contributed by atoms with Gasteiger partial charge >= 0.3 is 0 Å². The number of likely N-dealkylation sites (tertiary alicyclic amines) is 1. The van der Waals surface area contributed by atoms with E-state index in [1.165, 1.54) is 11.3 Å². The van der Waals surface area contributed by atoms with E-state index >= 15 is 0 Å². The van der Waals surface area contributed by atoms with Crippen molar-refractivity contribution in [3.8, 4) is 10.7 Å². The lowest BCUT2D eigenvalue weighted by atomic mass is 10.3. The van der Waals surface area contributed by atoms with Gasteiger partial charge in [-0.3, -0.25) is 9.78 Å². The Bertz CT molecular complexity index is 583. The average molecular weight is 274 g/mol. The van der Waals surface area contributed by atoms with E-state index in [4.69, 9.17) is 5.73 Å². The Balaban J connectivity index is 1.80. The van der Waals surface area contributed by atoms with E-state index in [2.05, 4.69) is 9.97 Å². The van der Waals surface area contributed by atoms with Crippen LogP contribution in [-0.4, -0.2) is 39.9 Å². The molecule has 3 heterocycles. The van der Waals surface area contributed by atoms with E-state index in [0.717, 1.165) is 23.7 Å². The topological polar surface area (TPSA) is 72.1 Å². The zero-order chi connectivity index (χ0) is 13.2. The van der Waals surface area contributed by atoms with E-state index in [1.54, 1.807) is 16.5 Å². The zero-order valence-electron chi connectivity index (χ0n) is 10.3. The molecule has 0 radical (unpaired) electrons. The minimum Gasteiger partial charge on any atom is -0.336 e. The molecule has 98 valence electrons. The normalized spacial score (nSPS) is 18.8. The van der Waals surface area contributed by atoms with Crippen molar-refractivity contribution in [1.82, 2.24) is 14.9 Å². The van der Waals surface area contributed by atoms with Crippen LogP contribution in [-0.2, 0) is 0 Å². The second-order valence-electron chi connectivity index (χ2n) is 4.55. The number of nitrogens with zero attached hydrogens (tertiary/aromatic N) is 3. The van der Waals surface area contributed by atoms with Gasteiger partial charge in [0.05, 0.1) is 5.69 Å². The van der Waals surface area contributed by atoms with Gasteiger partial charge in [-0.15, -0.1) is 11.3 Å². The molecule has 19 heavy (non-hydrogen) atoms. The average Bonchev–Trinajstić information content (AvgIpc) is 3.08. The second-order valence-corrected chi connectivity index (χ2v) is 5.41. The SMILES string of the molecule is N[C@@H]1CCN(C(=O)c2csc(-c3ccccn3)n2)C1. The highest BCUT2D eigenvalue weighted by atomic mass is 32.1. The highest BCUT2D eigenvalue weighted by molar-refractivity contribution is 7.13. The van der Waals surface area contributed by atoms with Crippen LogP contribution in [0.15, 0.2) is 29.8 Å². The third-order valence-corrected chi connectivity index (χ3v) is 3.98. The number of carbonyl (C=O) groups excluding carboxylic acids is 1. The van der Waals surface area contributed by atoms with Gasteiger partial charge in [-0.2, -0.15) is 0 Å². The van der Waals surface area contributed by atoms with Crippen LogP contribution in [0.3, 0.4) is 0 Å². The number of amides is 1. The molecule has 3 rings (SSSR count). The summed E-state index contributed by atoms with van der Waals surface area (Å²) >= 11 is 1.44. The molecule has 1 aliphatic heterocycles. The first-order valence-corrected chi connectivity index (χ1v) is 7.04. The maximum absolute atomic E-state index is 12.2. The van der Waals surface area contributed by atoms with Crippen molar-refractivity contribution in [2.45, 2.75) is 12.5 Å². The van der Waals surface area contributed by atoms with Gasteiger partial charge in [0.25, 0.3) is 5.91 Å². The van der Waals surface area contributed by atoms with Crippen LogP contribution in [0, 0.1) is 0 Å². The third kappa shape index (κ3) is 2.50. The molecule has 5 nitrogen and oxygen atoms in total. The van der Waals surface area contributed by atoms with Gasteiger partial charge in [-0.1, -0.05) is 6.07 Å². The summed E-state index contributed by atoms with van der Waals surface area (Å²) in [4.78, 5) is 22.6. The first-order valence-electron chi connectivity index (χ1n) is 6.16. The largest absolute Gasteiger partial charge is 0.336 e. The minimum absolute atomic E-state index is 0.0358. The van der Waals surface area contributed by atoms with Crippen LogP contribution >= 0.6 is 11.3 Å². The third-order valence-electron chi connectivity index (χ3n) is 3.12. The van der Waals surface area contributed by atoms with Crippen LogP contribution < -0.4 is 5.73 Å². The van der Waals surface area contributed by atoms with E-state index in [0.29, 0.717) is 12.2 Å². The summed E-state index contributed by atoms with van der Waals surface area (Å²) < 4.78 is 0. The minimum atomic E-state index is -0.0358. The molecule has 6 heteroatoms. The van der Waals surface area contributed by atoms with Crippen molar-refractivity contribution in [3.05, 3.63) is 35.5 Å². The van der Waals surface area contributed by atoms with Gasteiger partial charge in [-0.25, -0.2) is 4.98 Å². The van der Waals surface area contributed by atoms with Crippen molar-refractivity contribution in [1.29, 1.82) is 0 Å². The Morgan fingerprint density at radius 2 is 2.37 bits per heavy atom. The summed E-state index contributed by atoms with van der Waals surface area (Å²) in [5.74, 6) is -0.0358. The number of aromatic nitrogens is 2. The number of thiazole rings is 1. The molecule has 0 saturated carbocycles. The second kappa shape index (κ2) is 5.07. The number of pyridine rings is 1. The molecular formula is C13H14N4OS. The number of hydrogen-bond donors (Lipinski definition) is 1. The van der Waals surface area contributed by atoms with Gasteiger partial charge in [0.15, 0.2) is 0 Å². The van der Waals surface area contributed by atoms with Gasteiger partial charge in [-0.05, 0) is 18.6 Å². The predicted octanol–water partition coefficient (Wildman–Crippen LogP) is 1.38. The molecule has 1 fully saturated rings. The first kappa shape index (κ1) is 12.3. The van der Waals surface area contributed by atoms with E-state index < -0.39 is 0 Å². The summed E-state index contributed by atoms with van der Waals surface area (Å²) in [7, 11) is 0. The lowest BCUT2D eigenvalue weighted by molar-refractivity contribution is 0.0786. The molecular weight excluding hydrogens is 260 g/mol. The van der Waals surface area contributed by atoms with E-state index in [9.17, 15) is 4.79 Å². The first-order chi connectivity index (χ1) is 9.24. The lowest BCUT2D eigenvalue weighted by Crippen LogP contribution is -2.32. The van der Waals surface area contributed by atoms with Gasteiger partial charge in [0.2, 0.25) is 0 Å². The molecule has 0 aliphatic carbocycles. The predicted molar refractivity (Wildman–Crippen MR) is 73.8 cm³/mol. The van der Waals surface area contributed by atoms with Gasteiger partial charge in [0.1, 0.15) is 10.7 Å². The van der Waals surface area contributed by atoms with Crippen molar-refractivity contribution in [2.24, 2.45) is 5.73 Å². The Kier molecular flexibility index (Phi) is 3.27. The number of nitrogens with two attached hydrogens (primary N) is 1. The molecule has 2 aromatic heterocycles. The van der Waals surface area contributed by atoms with Gasteiger partial charge in [0, 0.05) is 30.7 Å². The van der Waals surface area contributed by atoms with Crippen LogP contribution in [0.25, 0.3) is 10.7 Å². The maximum atomic E-state index is 12.2.